The van der Waals surface area contributed by atoms with Crippen LogP contribution in [0.15, 0.2) is 24.3 Å². The molecule has 1 fully saturated rings. The van der Waals surface area contributed by atoms with Crippen LogP contribution in [0.3, 0.4) is 0 Å². The lowest BCUT2D eigenvalue weighted by molar-refractivity contribution is -0.0353. The van der Waals surface area contributed by atoms with Crippen LogP contribution in [-0.2, 0) is 4.74 Å². The van der Waals surface area contributed by atoms with Gasteiger partial charge in [-0.3, -0.25) is 4.57 Å². The molecule has 3 N–H and O–H groups in total. The van der Waals surface area contributed by atoms with Crippen molar-refractivity contribution in [2.45, 2.75) is 51.2 Å². The second kappa shape index (κ2) is 8.96. The first-order valence-electron chi connectivity index (χ1n) is 9.97. The largest absolute Gasteiger partial charge is 0.388 e. The molecule has 2 aromatic heterocycles. The number of hydrogen-bond acceptors (Lipinski definition) is 7. The normalized spacial score (nSPS) is 25.7. The Labute approximate surface area is 172 Å². The lowest BCUT2D eigenvalue weighted by Crippen LogP contribution is -2.31. The summed E-state index contributed by atoms with van der Waals surface area (Å²) in [5.41, 5.74) is 2.46. The lowest BCUT2D eigenvalue weighted by Gasteiger charge is -2.18. The van der Waals surface area contributed by atoms with E-state index in [9.17, 15) is 10.2 Å². The minimum atomic E-state index is -1.24. The number of aliphatic hydroxyl groups excluding tert-OH is 2. The Morgan fingerprint density at radius 1 is 1.31 bits per heavy atom. The third kappa shape index (κ3) is 5.07. The Balaban J connectivity index is 1.80. The number of aliphatic hydroxyl groups is 2. The van der Waals surface area contributed by atoms with Crippen molar-refractivity contribution in [2.24, 2.45) is 0 Å². The highest BCUT2D eigenvalue weighted by Gasteiger charge is 2.44. The molecule has 0 saturated carbocycles. The number of allylic oxidation sites excluding steroid dienone is 1. The Hall–Kier alpha value is -1.73. The van der Waals surface area contributed by atoms with Crippen LogP contribution < -0.4 is 5.32 Å². The van der Waals surface area contributed by atoms with Gasteiger partial charge in [0.05, 0.1) is 12.4 Å². The van der Waals surface area contributed by atoms with Crippen LogP contribution in [0.2, 0.25) is 0 Å². The molecule has 0 bridgehead atoms. The number of rotatable bonds is 8. The van der Waals surface area contributed by atoms with Gasteiger partial charge in [-0.1, -0.05) is 18.6 Å². The Morgan fingerprint density at radius 2 is 2.07 bits per heavy atom. The molecule has 0 amide bonds. The number of imidazole rings is 1. The van der Waals surface area contributed by atoms with Crippen molar-refractivity contribution in [1.29, 1.82) is 0 Å². The molecule has 1 saturated heterocycles. The van der Waals surface area contributed by atoms with Crippen molar-refractivity contribution < 1.29 is 14.9 Å². The van der Waals surface area contributed by atoms with Crippen molar-refractivity contribution >= 4 is 30.2 Å². The molecule has 8 nitrogen and oxygen atoms in total. The van der Waals surface area contributed by atoms with Crippen LogP contribution in [-0.4, -0.2) is 80.4 Å². The van der Waals surface area contributed by atoms with Crippen molar-refractivity contribution in [3.05, 3.63) is 24.3 Å². The van der Waals surface area contributed by atoms with Gasteiger partial charge in [0.15, 0.2) is 23.2 Å². The molecule has 29 heavy (non-hydrogen) atoms. The van der Waals surface area contributed by atoms with Crippen LogP contribution in [0.25, 0.3) is 11.2 Å². The van der Waals surface area contributed by atoms with E-state index in [0.717, 1.165) is 12.6 Å². The molecular formula is C20H32N5O3P. The summed E-state index contributed by atoms with van der Waals surface area (Å²) in [5.74, 6) is 0.627. The molecule has 3 rings (SSSR count). The summed E-state index contributed by atoms with van der Waals surface area (Å²) in [7, 11) is 0. The molecule has 160 valence electrons. The predicted molar refractivity (Wildman–Crippen MR) is 119 cm³/mol. The summed E-state index contributed by atoms with van der Waals surface area (Å²) in [5, 5.41) is 24.3. The molecular weight excluding hydrogens is 389 g/mol. The molecule has 2 aromatic rings. The van der Waals surface area contributed by atoms with Gasteiger partial charge in [-0.15, -0.1) is 13.2 Å². The van der Waals surface area contributed by atoms with Crippen LogP contribution in [0.1, 0.15) is 32.9 Å². The van der Waals surface area contributed by atoms with Crippen LogP contribution >= 0.6 is 6.89 Å². The molecule has 3 heterocycles. The summed E-state index contributed by atoms with van der Waals surface area (Å²) in [4.78, 5) is 13.1. The summed E-state index contributed by atoms with van der Waals surface area (Å²) >= 11 is 0. The molecule has 0 aliphatic carbocycles. The number of aromatic nitrogens is 4. The number of hydrogen-bond donors (Lipinski definition) is 3. The second-order valence-corrected chi connectivity index (χ2v) is 12.6. The van der Waals surface area contributed by atoms with Gasteiger partial charge in [-0.2, -0.15) is 0 Å². The smallest absolute Gasteiger partial charge is 0.167 e. The van der Waals surface area contributed by atoms with E-state index in [0.29, 0.717) is 29.9 Å². The summed E-state index contributed by atoms with van der Waals surface area (Å²) in [6.07, 6.45) is 8.74. The number of anilines is 1. The van der Waals surface area contributed by atoms with E-state index in [1.807, 2.05) is 0 Å². The molecule has 0 aromatic carbocycles. The van der Waals surface area contributed by atoms with Gasteiger partial charge in [0.2, 0.25) is 0 Å². The predicted octanol–water partition coefficient (Wildman–Crippen LogP) is 2.31. The molecule has 9 heteroatoms. The first kappa shape index (κ1) is 22.0. The Kier molecular flexibility index (Phi) is 6.79. The number of fused-ring (bicyclic) bond motifs is 1. The topological polar surface area (TPSA) is 105 Å². The monoisotopic (exact) mass is 421 g/mol. The fourth-order valence-corrected chi connectivity index (χ4v) is 4.26. The van der Waals surface area contributed by atoms with Gasteiger partial charge in [0.1, 0.15) is 18.5 Å². The summed E-state index contributed by atoms with van der Waals surface area (Å²) < 4.78 is 7.70. The highest BCUT2D eigenvalue weighted by molar-refractivity contribution is 7.72. The third-order valence-electron chi connectivity index (χ3n) is 5.27. The molecule has 4 atom stereocenters. The van der Waals surface area contributed by atoms with Gasteiger partial charge >= 0.3 is 0 Å². The van der Waals surface area contributed by atoms with E-state index < -0.39 is 31.4 Å². The van der Waals surface area contributed by atoms with Crippen molar-refractivity contribution in [3.63, 3.8) is 0 Å². The fourth-order valence-electron chi connectivity index (χ4n) is 3.31. The molecule has 1 aliphatic heterocycles. The minimum absolute atomic E-state index is 0.435. The zero-order chi connectivity index (χ0) is 21.2. The van der Waals surface area contributed by atoms with Gasteiger partial charge in [0.25, 0.3) is 0 Å². The maximum atomic E-state index is 10.6. The number of ether oxygens (including phenoxy) is 1. The summed E-state index contributed by atoms with van der Waals surface area (Å²) in [6, 6.07) is 0. The van der Waals surface area contributed by atoms with Crippen LogP contribution in [0.5, 0.6) is 0 Å². The zero-order valence-corrected chi connectivity index (χ0v) is 18.5. The first-order valence-corrected chi connectivity index (χ1v) is 13.0. The van der Waals surface area contributed by atoms with Gasteiger partial charge in [-0.25, -0.2) is 15.0 Å². The molecule has 0 spiro atoms. The van der Waals surface area contributed by atoms with Crippen LogP contribution in [0, 0.1) is 0 Å². The Morgan fingerprint density at radius 3 is 2.76 bits per heavy atom. The van der Waals surface area contributed by atoms with E-state index in [-0.39, 0.29) is 0 Å². The first-order chi connectivity index (χ1) is 13.7. The SMILES string of the molecule is C=P(C)(C)CC[C@H]1O[C@@H](n2cnc3c(NC/C=C(/C)CC)ncnc32)[C@H](O)[C@@H]1O. The van der Waals surface area contributed by atoms with Gasteiger partial charge in [-0.05, 0) is 39.3 Å². The quantitative estimate of drug-likeness (QED) is 0.444. The van der Waals surface area contributed by atoms with Crippen LogP contribution in [0.4, 0.5) is 5.82 Å². The van der Waals surface area contributed by atoms with Crippen molar-refractivity contribution in [2.75, 3.05) is 31.4 Å². The zero-order valence-electron chi connectivity index (χ0n) is 17.6. The van der Waals surface area contributed by atoms with E-state index >= 15 is 0 Å². The highest BCUT2D eigenvalue weighted by atomic mass is 31.2. The van der Waals surface area contributed by atoms with Gasteiger partial charge in [0, 0.05) is 6.54 Å². The number of nitrogens with zero attached hydrogens (tertiary/aromatic N) is 4. The number of nitrogens with one attached hydrogen (secondary N) is 1. The average Bonchev–Trinajstić information content (AvgIpc) is 3.22. The fraction of sp³-hybridized carbons (Fsp3) is 0.600. The highest BCUT2D eigenvalue weighted by Crippen LogP contribution is 2.40. The average molecular weight is 421 g/mol. The van der Waals surface area contributed by atoms with Crippen molar-refractivity contribution in [3.8, 4) is 0 Å². The maximum absolute atomic E-state index is 10.6. The minimum Gasteiger partial charge on any atom is -0.388 e. The van der Waals surface area contributed by atoms with E-state index in [1.54, 1.807) is 10.9 Å². The Bertz CT molecular complexity index is 922. The maximum Gasteiger partial charge on any atom is 0.167 e. The molecule has 0 radical (unpaired) electrons. The van der Waals surface area contributed by atoms with Gasteiger partial charge < -0.3 is 20.3 Å². The summed E-state index contributed by atoms with van der Waals surface area (Å²) in [6.45, 7) is 7.91. The standard InChI is InChI=1S/C20H32N5O3P/c1-6-13(2)7-9-21-18-15-19(23-11-22-18)25(12-24-15)20-17(27)16(26)14(28-20)8-10-29(3,4)5/h7,11-12,14,16-17,20,26-27H,3,6,8-10H2,1-2,4-5H3,(H,21,22,23)/b13-7-/t14-,16-,17-,20-/m1/s1. The van der Waals surface area contributed by atoms with E-state index in [2.05, 4.69) is 59.8 Å². The molecule has 0 unspecified atom stereocenters. The van der Waals surface area contributed by atoms with Crippen molar-refractivity contribution in [1.82, 2.24) is 19.5 Å². The second-order valence-electron chi connectivity index (χ2n) is 8.33. The molecule has 1 aliphatic rings. The lowest BCUT2D eigenvalue weighted by atomic mass is 10.1. The van der Waals surface area contributed by atoms with E-state index in [1.165, 1.54) is 11.9 Å². The van der Waals surface area contributed by atoms with E-state index in [4.69, 9.17) is 4.74 Å². The third-order valence-corrected chi connectivity index (χ3v) is 6.74.